The first-order chi connectivity index (χ1) is 14.9. The number of carbonyl (C=O) groups is 1. The van der Waals surface area contributed by atoms with E-state index in [1.807, 2.05) is 0 Å². The molecule has 1 atom stereocenters. The molecule has 4 rings (SSSR count). The fourth-order valence-electron chi connectivity index (χ4n) is 4.85. The molecule has 1 unspecified atom stereocenters. The number of hydrogen-bond donors (Lipinski definition) is 1. The summed E-state index contributed by atoms with van der Waals surface area (Å²) in [6.45, 7) is 0.404. The van der Waals surface area contributed by atoms with E-state index in [-0.39, 0.29) is 23.1 Å². The van der Waals surface area contributed by atoms with Crippen molar-refractivity contribution in [2.24, 2.45) is 11.3 Å². The van der Waals surface area contributed by atoms with Crippen LogP contribution >= 0.6 is 0 Å². The van der Waals surface area contributed by atoms with E-state index >= 15 is 0 Å². The predicted molar refractivity (Wildman–Crippen MR) is 114 cm³/mol. The minimum atomic E-state index is -3.75. The van der Waals surface area contributed by atoms with Crippen LogP contribution in [0.4, 0.5) is 10.1 Å². The van der Waals surface area contributed by atoms with Gasteiger partial charge in [-0.2, -0.15) is 4.31 Å². The van der Waals surface area contributed by atoms with Crippen molar-refractivity contribution in [3.63, 3.8) is 0 Å². The molecule has 1 spiro atoms. The molecular formula is C22H26FN3O4S. The quantitative estimate of drug-likeness (QED) is 0.759. The van der Waals surface area contributed by atoms with Crippen LogP contribution in [-0.2, 0) is 14.8 Å². The van der Waals surface area contributed by atoms with Crippen LogP contribution < -0.4 is 10.1 Å². The Morgan fingerprint density at radius 1 is 1.26 bits per heavy atom. The molecule has 7 nitrogen and oxygen atoms in total. The van der Waals surface area contributed by atoms with Gasteiger partial charge in [0.25, 0.3) is 0 Å². The molecule has 9 heteroatoms. The molecule has 2 fully saturated rings. The summed E-state index contributed by atoms with van der Waals surface area (Å²) in [6, 6.07) is 7.34. The second-order valence-corrected chi connectivity index (χ2v) is 10.2. The molecule has 2 aliphatic rings. The molecule has 0 radical (unpaired) electrons. The summed E-state index contributed by atoms with van der Waals surface area (Å²) < 4.78 is 46.8. The van der Waals surface area contributed by atoms with Gasteiger partial charge in [-0.25, -0.2) is 12.8 Å². The van der Waals surface area contributed by atoms with E-state index in [1.165, 1.54) is 42.0 Å². The summed E-state index contributed by atoms with van der Waals surface area (Å²) in [5.74, 6) is -1.27. The molecule has 1 aliphatic carbocycles. The molecule has 1 aliphatic heterocycles. The fraction of sp³-hybridized carbons (Fsp3) is 0.455. The zero-order valence-electron chi connectivity index (χ0n) is 17.4. The van der Waals surface area contributed by atoms with Crippen LogP contribution in [-0.4, -0.2) is 43.8 Å². The zero-order valence-corrected chi connectivity index (χ0v) is 18.2. The van der Waals surface area contributed by atoms with Crippen LogP contribution in [0.15, 0.2) is 47.6 Å². The van der Waals surface area contributed by atoms with Crippen molar-refractivity contribution >= 4 is 21.6 Å². The van der Waals surface area contributed by atoms with E-state index < -0.39 is 27.2 Å². The van der Waals surface area contributed by atoms with Crippen LogP contribution in [0.2, 0.25) is 0 Å². The Balaban J connectivity index is 1.60. The lowest BCUT2D eigenvalue weighted by atomic mass is 9.67. The van der Waals surface area contributed by atoms with Gasteiger partial charge in [0.15, 0.2) is 11.6 Å². The van der Waals surface area contributed by atoms with Gasteiger partial charge in [-0.3, -0.25) is 9.78 Å². The lowest BCUT2D eigenvalue weighted by Gasteiger charge is -2.37. The average molecular weight is 448 g/mol. The lowest BCUT2D eigenvalue weighted by Crippen LogP contribution is -2.39. The molecular weight excluding hydrogens is 421 g/mol. The Bertz CT molecular complexity index is 1060. The number of aromatic nitrogens is 1. The van der Waals surface area contributed by atoms with Crippen molar-refractivity contribution in [1.29, 1.82) is 0 Å². The normalized spacial score (nSPS) is 21.2. The number of pyridine rings is 1. The largest absolute Gasteiger partial charge is 0.494 e. The number of halogens is 1. The van der Waals surface area contributed by atoms with Gasteiger partial charge in [-0.05, 0) is 42.5 Å². The lowest BCUT2D eigenvalue weighted by molar-refractivity contribution is -0.123. The van der Waals surface area contributed by atoms with Gasteiger partial charge >= 0.3 is 0 Å². The first-order valence-electron chi connectivity index (χ1n) is 10.4. The molecule has 1 N–H and O–H groups in total. The SMILES string of the molecule is COc1ccc(NC(=O)C2CN(S(=O)(=O)c3cccnc3)CC23CCCCC3)cc1F. The number of nitrogens with zero attached hydrogens (tertiary/aromatic N) is 2. The topological polar surface area (TPSA) is 88.6 Å². The van der Waals surface area contributed by atoms with Crippen molar-refractivity contribution in [3.05, 3.63) is 48.5 Å². The highest BCUT2D eigenvalue weighted by Crippen LogP contribution is 2.49. The Morgan fingerprint density at radius 2 is 2.03 bits per heavy atom. The third-order valence-corrected chi connectivity index (χ3v) is 8.27. The van der Waals surface area contributed by atoms with Crippen LogP contribution in [0, 0.1) is 17.2 Å². The maximum atomic E-state index is 14.1. The molecule has 0 bridgehead atoms. The van der Waals surface area contributed by atoms with Crippen molar-refractivity contribution in [3.8, 4) is 5.75 Å². The Morgan fingerprint density at radius 3 is 2.68 bits per heavy atom. The number of amides is 1. The maximum Gasteiger partial charge on any atom is 0.244 e. The summed E-state index contributed by atoms with van der Waals surface area (Å²) in [7, 11) is -2.38. The van der Waals surface area contributed by atoms with E-state index in [4.69, 9.17) is 4.74 Å². The molecule has 2 aromatic rings. The number of methoxy groups -OCH3 is 1. The molecule has 1 aromatic heterocycles. The maximum absolute atomic E-state index is 14.1. The summed E-state index contributed by atoms with van der Waals surface area (Å²) in [4.78, 5) is 17.3. The summed E-state index contributed by atoms with van der Waals surface area (Å²) in [5, 5.41) is 2.79. The average Bonchev–Trinajstić information content (AvgIpc) is 3.14. The number of carbonyl (C=O) groups excluding carboxylic acids is 1. The van der Waals surface area contributed by atoms with Crippen molar-refractivity contribution in [1.82, 2.24) is 9.29 Å². The first-order valence-corrected chi connectivity index (χ1v) is 11.8. The van der Waals surface area contributed by atoms with Crippen molar-refractivity contribution in [2.75, 3.05) is 25.5 Å². The number of hydrogen-bond acceptors (Lipinski definition) is 5. The molecule has 1 saturated carbocycles. The van der Waals surface area contributed by atoms with Gasteiger partial charge in [-0.15, -0.1) is 0 Å². The van der Waals surface area contributed by atoms with Gasteiger partial charge in [0.05, 0.1) is 13.0 Å². The smallest absolute Gasteiger partial charge is 0.244 e. The summed E-state index contributed by atoms with van der Waals surface area (Å²) in [6.07, 6.45) is 7.44. The Hall–Kier alpha value is -2.52. The molecule has 31 heavy (non-hydrogen) atoms. The van der Waals surface area contributed by atoms with E-state index in [0.717, 1.165) is 32.1 Å². The number of nitrogens with one attached hydrogen (secondary N) is 1. The number of benzene rings is 1. The second-order valence-electron chi connectivity index (χ2n) is 8.30. The van der Waals surface area contributed by atoms with Crippen LogP contribution in [0.3, 0.4) is 0 Å². The van der Waals surface area contributed by atoms with Crippen molar-refractivity contribution in [2.45, 2.75) is 37.0 Å². The van der Waals surface area contributed by atoms with Crippen LogP contribution in [0.5, 0.6) is 5.75 Å². The number of sulfonamides is 1. The van der Waals surface area contributed by atoms with Gasteiger partial charge < -0.3 is 10.1 Å². The van der Waals surface area contributed by atoms with E-state index in [9.17, 15) is 17.6 Å². The van der Waals surface area contributed by atoms with E-state index in [1.54, 1.807) is 12.1 Å². The number of rotatable bonds is 5. The molecule has 2 heterocycles. The highest BCUT2D eigenvalue weighted by molar-refractivity contribution is 7.89. The summed E-state index contributed by atoms with van der Waals surface area (Å²) in [5.41, 5.74) is -0.0920. The van der Waals surface area contributed by atoms with E-state index in [0.29, 0.717) is 12.2 Å². The van der Waals surface area contributed by atoms with Crippen LogP contribution in [0.1, 0.15) is 32.1 Å². The number of anilines is 1. The van der Waals surface area contributed by atoms with E-state index in [2.05, 4.69) is 10.3 Å². The Kier molecular flexibility index (Phi) is 5.98. The minimum absolute atomic E-state index is 0.0938. The number of ether oxygens (including phenoxy) is 1. The highest BCUT2D eigenvalue weighted by atomic mass is 32.2. The van der Waals surface area contributed by atoms with Gasteiger partial charge in [0, 0.05) is 37.2 Å². The first kappa shape index (κ1) is 21.7. The van der Waals surface area contributed by atoms with Gasteiger partial charge in [0.2, 0.25) is 15.9 Å². The molecule has 1 aromatic carbocycles. The Labute approximate surface area is 181 Å². The monoisotopic (exact) mass is 447 g/mol. The van der Waals surface area contributed by atoms with Gasteiger partial charge in [0.1, 0.15) is 4.90 Å². The second kappa shape index (κ2) is 8.55. The minimum Gasteiger partial charge on any atom is -0.494 e. The third kappa shape index (κ3) is 4.16. The molecule has 1 saturated heterocycles. The fourth-order valence-corrected chi connectivity index (χ4v) is 6.37. The third-order valence-electron chi connectivity index (χ3n) is 6.47. The summed E-state index contributed by atoms with van der Waals surface area (Å²) >= 11 is 0. The predicted octanol–water partition coefficient (Wildman–Crippen LogP) is 3.44. The van der Waals surface area contributed by atoms with Crippen molar-refractivity contribution < 1.29 is 22.3 Å². The standard InChI is InChI=1S/C22H26FN3O4S/c1-30-20-8-7-16(12-19(20)23)25-21(27)18-14-26(15-22(18)9-3-2-4-10-22)31(28,29)17-6-5-11-24-13-17/h5-8,11-13,18H,2-4,9-10,14-15H2,1H3,(H,25,27). The van der Waals surface area contributed by atoms with Gasteiger partial charge in [-0.1, -0.05) is 19.3 Å². The van der Waals surface area contributed by atoms with Crippen LogP contribution in [0.25, 0.3) is 0 Å². The zero-order chi connectivity index (χ0) is 22.1. The molecule has 166 valence electrons. The molecule has 1 amide bonds. The highest BCUT2D eigenvalue weighted by Gasteiger charge is 2.53.